The van der Waals surface area contributed by atoms with Crippen molar-refractivity contribution in [2.75, 3.05) is 13.2 Å². The van der Waals surface area contributed by atoms with Crippen LogP contribution in [-0.2, 0) is 9.47 Å². The van der Waals surface area contributed by atoms with Crippen LogP contribution >= 0.6 is 0 Å². The normalized spacial score (nSPS) is 38.3. The summed E-state index contributed by atoms with van der Waals surface area (Å²) in [4.78, 5) is 0. The van der Waals surface area contributed by atoms with Crippen LogP contribution in [0.15, 0.2) is 0 Å². The van der Waals surface area contributed by atoms with Gasteiger partial charge in [-0.05, 0) is 6.92 Å². The number of ether oxygens (including phenoxy) is 2. The Morgan fingerprint density at radius 2 is 1.55 bits per heavy atom. The summed E-state index contributed by atoms with van der Waals surface area (Å²) in [5.41, 5.74) is 0. The van der Waals surface area contributed by atoms with Crippen molar-refractivity contribution in [1.29, 1.82) is 0 Å². The molecule has 10 heteroatoms. The second kappa shape index (κ2) is 8.45. The maximum atomic E-state index is 9.81. The molecular formula is C12H24O10. The first-order valence-electron chi connectivity index (χ1n) is 6.85. The Morgan fingerprint density at radius 1 is 0.955 bits per heavy atom. The van der Waals surface area contributed by atoms with Crippen molar-refractivity contribution in [2.45, 2.75) is 62.0 Å². The van der Waals surface area contributed by atoms with Crippen molar-refractivity contribution in [3.8, 4) is 0 Å². The predicted molar refractivity (Wildman–Crippen MR) is 69.4 cm³/mol. The molecule has 1 aliphatic heterocycles. The summed E-state index contributed by atoms with van der Waals surface area (Å²) < 4.78 is 10.2. The predicted octanol–water partition coefficient (Wildman–Crippen LogP) is -4.73. The zero-order valence-electron chi connectivity index (χ0n) is 12.0. The van der Waals surface area contributed by atoms with Crippen LogP contribution in [0.2, 0.25) is 0 Å². The molecule has 1 saturated heterocycles. The average Bonchev–Trinajstić information content (AvgIpc) is 2.50. The lowest BCUT2D eigenvalue weighted by Crippen LogP contribution is -2.61. The van der Waals surface area contributed by atoms with Gasteiger partial charge in [-0.25, -0.2) is 0 Å². The lowest BCUT2D eigenvalue weighted by Gasteiger charge is -2.41. The van der Waals surface area contributed by atoms with Gasteiger partial charge in [-0.3, -0.25) is 0 Å². The fourth-order valence-corrected chi connectivity index (χ4v) is 2.09. The van der Waals surface area contributed by atoms with E-state index in [1.54, 1.807) is 0 Å². The van der Waals surface area contributed by atoms with Gasteiger partial charge in [-0.1, -0.05) is 0 Å². The van der Waals surface area contributed by atoms with Crippen molar-refractivity contribution < 1.29 is 50.3 Å². The maximum absolute atomic E-state index is 9.81. The number of hydrogen-bond acceptors (Lipinski definition) is 10. The smallest absolute Gasteiger partial charge is 0.187 e. The Labute approximate surface area is 126 Å². The van der Waals surface area contributed by atoms with Crippen molar-refractivity contribution in [1.82, 2.24) is 0 Å². The lowest BCUT2D eigenvalue weighted by molar-refractivity contribution is -0.322. The van der Waals surface area contributed by atoms with E-state index in [0.29, 0.717) is 0 Å². The fraction of sp³-hybridized carbons (Fsp3) is 1.00. The number of rotatable bonds is 7. The molecule has 0 radical (unpaired) electrons. The third-order valence-corrected chi connectivity index (χ3v) is 3.56. The van der Waals surface area contributed by atoms with Crippen LogP contribution in [0.3, 0.4) is 0 Å². The first-order chi connectivity index (χ1) is 10.2. The van der Waals surface area contributed by atoms with Crippen LogP contribution in [0.4, 0.5) is 0 Å². The second-order valence-electron chi connectivity index (χ2n) is 5.28. The van der Waals surface area contributed by atoms with Gasteiger partial charge < -0.3 is 50.3 Å². The van der Waals surface area contributed by atoms with Gasteiger partial charge in [0.2, 0.25) is 0 Å². The average molecular weight is 328 g/mol. The number of aliphatic hydroxyl groups is 8. The van der Waals surface area contributed by atoms with Gasteiger partial charge in [0.25, 0.3) is 0 Å². The van der Waals surface area contributed by atoms with E-state index in [1.807, 2.05) is 0 Å². The van der Waals surface area contributed by atoms with Crippen molar-refractivity contribution in [2.24, 2.45) is 0 Å². The molecular weight excluding hydrogens is 304 g/mol. The van der Waals surface area contributed by atoms with E-state index in [4.69, 9.17) is 14.6 Å². The summed E-state index contributed by atoms with van der Waals surface area (Å²) in [6.07, 6.45) is -13.8. The number of hydrogen-bond donors (Lipinski definition) is 8. The summed E-state index contributed by atoms with van der Waals surface area (Å²) in [6.45, 7) is -0.219. The van der Waals surface area contributed by atoms with Crippen LogP contribution < -0.4 is 0 Å². The molecule has 1 heterocycles. The summed E-state index contributed by atoms with van der Waals surface area (Å²) in [5.74, 6) is 0. The molecule has 132 valence electrons. The Morgan fingerprint density at radius 3 is 2.00 bits per heavy atom. The molecule has 0 aromatic heterocycles. The largest absolute Gasteiger partial charge is 0.394 e. The second-order valence-corrected chi connectivity index (χ2v) is 5.28. The molecule has 0 amide bonds. The minimum Gasteiger partial charge on any atom is -0.394 e. The number of aliphatic hydroxyl groups excluding tert-OH is 8. The minimum atomic E-state index is -1.71. The molecule has 9 atom stereocenters. The zero-order valence-corrected chi connectivity index (χ0v) is 12.0. The molecule has 0 saturated carbocycles. The van der Waals surface area contributed by atoms with E-state index in [-0.39, 0.29) is 0 Å². The zero-order chi connectivity index (χ0) is 17.0. The molecule has 22 heavy (non-hydrogen) atoms. The molecule has 0 aliphatic carbocycles. The standard InChI is InChI=1S/C12H24O10/c1-4(15)7(16)8(17)5(2-13)21-12-11(20)10(19)9(18)6(3-14)22-12/h4-20H,2-3H2,1H3/t4-,5-,6+,7+,8+,9-,10-,11+,12+/m0/s1. The molecule has 1 aliphatic rings. The van der Waals surface area contributed by atoms with Crippen LogP contribution in [0.1, 0.15) is 6.92 Å². The molecule has 1 rings (SSSR count). The van der Waals surface area contributed by atoms with E-state index in [2.05, 4.69) is 0 Å². The molecule has 0 aromatic rings. The molecule has 0 bridgehead atoms. The highest BCUT2D eigenvalue weighted by molar-refractivity contribution is 4.90. The Kier molecular flexibility index (Phi) is 7.55. The highest BCUT2D eigenvalue weighted by Crippen LogP contribution is 2.24. The van der Waals surface area contributed by atoms with Gasteiger partial charge in [0.05, 0.1) is 19.3 Å². The first kappa shape index (κ1) is 19.6. The molecule has 1 fully saturated rings. The monoisotopic (exact) mass is 328 g/mol. The van der Waals surface area contributed by atoms with Gasteiger partial charge in [0.1, 0.15) is 42.7 Å². The molecule has 8 N–H and O–H groups in total. The molecule has 10 nitrogen and oxygen atoms in total. The van der Waals surface area contributed by atoms with Crippen molar-refractivity contribution in [3.63, 3.8) is 0 Å². The summed E-state index contributed by atoms with van der Waals surface area (Å²) in [7, 11) is 0. The maximum Gasteiger partial charge on any atom is 0.187 e. The van der Waals surface area contributed by atoms with Gasteiger partial charge in [0.15, 0.2) is 6.29 Å². The lowest BCUT2D eigenvalue weighted by atomic mass is 9.99. The van der Waals surface area contributed by atoms with Gasteiger partial charge >= 0.3 is 0 Å². The van der Waals surface area contributed by atoms with E-state index in [0.717, 1.165) is 0 Å². The quantitative estimate of drug-likeness (QED) is 0.226. The molecule has 0 spiro atoms. The first-order valence-corrected chi connectivity index (χ1v) is 6.85. The highest BCUT2D eigenvalue weighted by Gasteiger charge is 2.45. The molecule has 0 aromatic carbocycles. The van der Waals surface area contributed by atoms with E-state index in [9.17, 15) is 35.7 Å². The molecule has 0 unspecified atom stereocenters. The van der Waals surface area contributed by atoms with Crippen molar-refractivity contribution in [3.05, 3.63) is 0 Å². The van der Waals surface area contributed by atoms with Gasteiger partial charge in [-0.15, -0.1) is 0 Å². The van der Waals surface area contributed by atoms with Crippen LogP contribution in [0, 0.1) is 0 Å². The Hall–Kier alpha value is -0.400. The Bertz CT molecular complexity index is 325. The van der Waals surface area contributed by atoms with E-state index in [1.165, 1.54) is 6.92 Å². The van der Waals surface area contributed by atoms with Gasteiger partial charge in [0, 0.05) is 0 Å². The van der Waals surface area contributed by atoms with Crippen LogP contribution in [-0.4, -0.2) is 109 Å². The van der Waals surface area contributed by atoms with E-state index >= 15 is 0 Å². The topological polar surface area (TPSA) is 180 Å². The third kappa shape index (κ3) is 4.32. The highest BCUT2D eigenvalue weighted by atomic mass is 16.7. The van der Waals surface area contributed by atoms with Crippen LogP contribution in [0.25, 0.3) is 0 Å². The summed E-state index contributed by atoms with van der Waals surface area (Å²) in [6, 6.07) is 0. The van der Waals surface area contributed by atoms with E-state index < -0.39 is 68.3 Å². The fourth-order valence-electron chi connectivity index (χ4n) is 2.09. The summed E-state index contributed by atoms with van der Waals surface area (Å²) in [5, 5.41) is 75.8. The van der Waals surface area contributed by atoms with Gasteiger partial charge in [-0.2, -0.15) is 0 Å². The summed E-state index contributed by atoms with van der Waals surface area (Å²) >= 11 is 0. The SMILES string of the molecule is C[C@H](O)[C@@H](O)[C@H](O)[C@H](CO)O[C@@H]1O[C@H](CO)[C@H](O)[C@H](O)[C@H]1O. The van der Waals surface area contributed by atoms with Crippen molar-refractivity contribution >= 4 is 0 Å². The Balaban J connectivity index is 2.76. The third-order valence-electron chi connectivity index (χ3n) is 3.56. The minimum absolute atomic E-state index is 0.659. The van der Waals surface area contributed by atoms with Crippen LogP contribution in [0.5, 0.6) is 0 Å².